The van der Waals surface area contributed by atoms with Crippen LogP contribution in [0.4, 0.5) is 0 Å². The molecular formula is C65H114O6. The number of ether oxygens (including phenoxy) is 3. The second-order valence-electron chi connectivity index (χ2n) is 20.4. The first-order valence-electron chi connectivity index (χ1n) is 30.5. The molecule has 0 heterocycles. The van der Waals surface area contributed by atoms with Gasteiger partial charge >= 0.3 is 17.9 Å². The lowest BCUT2D eigenvalue weighted by atomic mass is 10.0. The van der Waals surface area contributed by atoms with Crippen LogP contribution in [0.2, 0.25) is 0 Å². The molecule has 6 nitrogen and oxygen atoms in total. The molecule has 1 atom stereocenters. The lowest BCUT2D eigenvalue weighted by molar-refractivity contribution is -0.167. The topological polar surface area (TPSA) is 78.9 Å². The molecule has 0 aromatic rings. The van der Waals surface area contributed by atoms with Crippen LogP contribution in [0.15, 0.2) is 72.9 Å². The minimum Gasteiger partial charge on any atom is -0.462 e. The zero-order valence-electron chi connectivity index (χ0n) is 47.0. The van der Waals surface area contributed by atoms with Gasteiger partial charge in [-0.3, -0.25) is 14.4 Å². The Morgan fingerprint density at radius 3 is 0.831 bits per heavy atom. The maximum atomic E-state index is 12.9. The summed E-state index contributed by atoms with van der Waals surface area (Å²) >= 11 is 0. The zero-order valence-corrected chi connectivity index (χ0v) is 47.0. The van der Waals surface area contributed by atoms with Crippen molar-refractivity contribution in [2.75, 3.05) is 13.2 Å². The minimum atomic E-state index is -0.793. The first kappa shape index (κ1) is 67.8. The van der Waals surface area contributed by atoms with E-state index in [2.05, 4.69) is 93.7 Å². The Hall–Kier alpha value is -3.15. The summed E-state index contributed by atoms with van der Waals surface area (Å²) in [4.78, 5) is 38.2. The van der Waals surface area contributed by atoms with Crippen LogP contribution >= 0.6 is 0 Å². The Morgan fingerprint density at radius 2 is 0.507 bits per heavy atom. The summed E-state index contributed by atoms with van der Waals surface area (Å²) in [5.41, 5.74) is 0. The van der Waals surface area contributed by atoms with Gasteiger partial charge in [0.1, 0.15) is 13.2 Å². The highest BCUT2D eigenvalue weighted by molar-refractivity contribution is 5.71. The maximum Gasteiger partial charge on any atom is 0.306 e. The van der Waals surface area contributed by atoms with E-state index in [4.69, 9.17) is 14.2 Å². The van der Waals surface area contributed by atoms with Crippen LogP contribution in [0.3, 0.4) is 0 Å². The molecule has 0 rings (SSSR count). The first-order chi connectivity index (χ1) is 35.0. The van der Waals surface area contributed by atoms with E-state index >= 15 is 0 Å². The molecule has 0 N–H and O–H groups in total. The molecule has 71 heavy (non-hydrogen) atoms. The summed E-state index contributed by atoms with van der Waals surface area (Å²) in [5.74, 6) is -0.913. The van der Waals surface area contributed by atoms with Gasteiger partial charge in [-0.05, 0) is 70.6 Å². The van der Waals surface area contributed by atoms with Crippen molar-refractivity contribution < 1.29 is 28.6 Å². The molecule has 0 radical (unpaired) electrons. The summed E-state index contributed by atoms with van der Waals surface area (Å²) in [6.45, 7) is 6.60. The number of carbonyl (C=O) groups excluding carboxylic acids is 3. The van der Waals surface area contributed by atoms with E-state index in [1.807, 2.05) is 0 Å². The third-order valence-corrected chi connectivity index (χ3v) is 13.3. The SMILES string of the molecule is CCCCC\C=C/C=C\C=C/C=C\CCCCCCCC(=O)OCC(COC(=O)CCCCCCCCCCCCCCCCCCC)OC(=O)CCCCCCC/C=C\C=C/CCCCCCCCC. The van der Waals surface area contributed by atoms with Crippen molar-refractivity contribution in [2.45, 2.75) is 309 Å². The van der Waals surface area contributed by atoms with E-state index in [0.717, 1.165) is 103 Å². The molecule has 0 spiro atoms. The number of carbonyl (C=O) groups is 3. The smallest absolute Gasteiger partial charge is 0.306 e. The summed E-state index contributed by atoms with van der Waals surface area (Å²) in [6, 6.07) is 0. The molecule has 6 heteroatoms. The van der Waals surface area contributed by atoms with Crippen LogP contribution in [0.5, 0.6) is 0 Å². The number of hydrogen-bond donors (Lipinski definition) is 0. The molecule has 410 valence electrons. The summed E-state index contributed by atoms with van der Waals surface area (Å²) < 4.78 is 16.9. The fourth-order valence-electron chi connectivity index (χ4n) is 8.68. The quantitative estimate of drug-likeness (QED) is 0.0261. The minimum absolute atomic E-state index is 0.0872. The van der Waals surface area contributed by atoms with Crippen molar-refractivity contribution in [3.8, 4) is 0 Å². The molecule has 0 bridgehead atoms. The molecule has 0 aromatic heterocycles. The Balaban J connectivity index is 4.44. The van der Waals surface area contributed by atoms with Gasteiger partial charge in [0.15, 0.2) is 6.10 Å². The Bertz CT molecular complexity index is 1320. The molecule has 0 aliphatic rings. The van der Waals surface area contributed by atoms with Gasteiger partial charge in [-0.25, -0.2) is 0 Å². The average molecular weight is 992 g/mol. The van der Waals surface area contributed by atoms with Gasteiger partial charge in [0.25, 0.3) is 0 Å². The van der Waals surface area contributed by atoms with Crippen molar-refractivity contribution in [3.63, 3.8) is 0 Å². The second kappa shape index (κ2) is 59.4. The van der Waals surface area contributed by atoms with E-state index < -0.39 is 6.10 Å². The Kier molecular flexibility index (Phi) is 56.8. The van der Waals surface area contributed by atoms with E-state index in [1.165, 1.54) is 161 Å². The van der Waals surface area contributed by atoms with Crippen LogP contribution < -0.4 is 0 Å². The predicted molar refractivity (Wildman–Crippen MR) is 307 cm³/mol. The van der Waals surface area contributed by atoms with Crippen LogP contribution in [0.25, 0.3) is 0 Å². The van der Waals surface area contributed by atoms with Crippen molar-refractivity contribution in [1.29, 1.82) is 0 Å². The number of unbranched alkanes of at least 4 members (excludes halogenated alkanes) is 36. The summed E-state index contributed by atoms with van der Waals surface area (Å²) in [7, 11) is 0. The van der Waals surface area contributed by atoms with Crippen LogP contribution in [0.1, 0.15) is 303 Å². The van der Waals surface area contributed by atoms with E-state index in [1.54, 1.807) is 0 Å². The predicted octanol–water partition coefficient (Wildman–Crippen LogP) is 20.5. The van der Waals surface area contributed by atoms with Crippen molar-refractivity contribution in [2.24, 2.45) is 0 Å². The largest absolute Gasteiger partial charge is 0.462 e. The molecule has 0 aromatic carbocycles. The molecule has 1 unspecified atom stereocenters. The molecule has 0 saturated carbocycles. The van der Waals surface area contributed by atoms with Crippen LogP contribution in [-0.2, 0) is 28.6 Å². The van der Waals surface area contributed by atoms with Gasteiger partial charge in [0, 0.05) is 19.3 Å². The normalized spacial score (nSPS) is 12.5. The Labute approximate surface area is 440 Å². The van der Waals surface area contributed by atoms with Gasteiger partial charge < -0.3 is 14.2 Å². The first-order valence-corrected chi connectivity index (χ1v) is 30.5. The van der Waals surface area contributed by atoms with E-state index in [-0.39, 0.29) is 31.1 Å². The lowest BCUT2D eigenvalue weighted by Crippen LogP contribution is -2.30. The van der Waals surface area contributed by atoms with E-state index in [0.29, 0.717) is 19.3 Å². The van der Waals surface area contributed by atoms with Gasteiger partial charge in [-0.2, -0.15) is 0 Å². The van der Waals surface area contributed by atoms with Crippen molar-refractivity contribution in [1.82, 2.24) is 0 Å². The van der Waals surface area contributed by atoms with Crippen molar-refractivity contribution in [3.05, 3.63) is 72.9 Å². The van der Waals surface area contributed by atoms with Gasteiger partial charge in [-0.15, -0.1) is 0 Å². The van der Waals surface area contributed by atoms with Crippen molar-refractivity contribution >= 4 is 17.9 Å². The summed E-state index contributed by atoms with van der Waals surface area (Å²) in [6.07, 6.45) is 76.0. The second-order valence-corrected chi connectivity index (χ2v) is 20.4. The standard InChI is InChI=1S/C65H114O6/c1-4-7-10-13-16-19-22-25-28-31-34-37-40-43-46-49-52-55-58-64(67)70-61-62(60-69-63(66)57-54-51-48-45-42-39-36-33-30-27-24-21-18-15-12-9-6-3)71-65(68)59-56-53-50-47-44-41-38-35-32-29-26-23-20-17-14-11-8-5-2/h16,19,22,25,28-29,31-32,34-35,37-38,62H,4-15,17-18,20-21,23-24,26-27,30,33,36,39-61H2,1-3H3/b19-16-,25-22-,31-28-,32-29-,37-34-,38-35-. The fraction of sp³-hybridized carbons (Fsp3) is 0.769. The third kappa shape index (κ3) is 57.6. The van der Waals surface area contributed by atoms with Gasteiger partial charge in [0.2, 0.25) is 0 Å². The highest BCUT2D eigenvalue weighted by Crippen LogP contribution is 2.16. The summed E-state index contributed by atoms with van der Waals surface area (Å²) in [5, 5.41) is 0. The lowest BCUT2D eigenvalue weighted by Gasteiger charge is -2.18. The molecule has 0 saturated heterocycles. The Morgan fingerprint density at radius 1 is 0.282 bits per heavy atom. The van der Waals surface area contributed by atoms with Crippen LogP contribution in [-0.4, -0.2) is 37.2 Å². The monoisotopic (exact) mass is 991 g/mol. The fourth-order valence-corrected chi connectivity index (χ4v) is 8.68. The molecule has 0 aliphatic heterocycles. The number of rotatable bonds is 55. The maximum absolute atomic E-state index is 12.9. The highest BCUT2D eigenvalue weighted by Gasteiger charge is 2.19. The van der Waals surface area contributed by atoms with Gasteiger partial charge in [0.05, 0.1) is 0 Å². The third-order valence-electron chi connectivity index (χ3n) is 13.3. The molecular weight excluding hydrogens is 877 g/mol. The molecule has 0 amide bonds. The van der Waals surface area contributed by atoms with E-state index in [9.17, 15) is 14.4 Å². The number of esters is 3. The van der Waals surface area contributed by atoms with Gasteiger partial charge in [-0.1, -0.05) is 286 Å². The number of allylic oxidation sites excluding steroid dienone is 12. The van der Waals surface area contributed by atoms with Crippen LogP contribution in [0, 0.1) is 0 Å². The average Bonchev–Trinajstić information content (AvgIpc) is 3.37. The highest BCUT2D eigenvalue weighted by atomic mass is 16.6. The number of hydrogen-bond acceptors (Lipinski definition) is 6. The molecule has 0 aliphatic carbocycles. The zero-order chi connectivity index (χ0) is 51.4. The molecule has 0 fully saturated rings.